The molecule has 0 bridgehead atoms. The Kier molecular flexibility index (Phi) is 6.60. The van der Waals surface area contributed by atoms with Gasteiger partial charge >= 0.3 is 6.03 Å². The van der Waals surface area contributed by atoms with E-state index in [-0.39, 0.29) is 23.4 Å². The first kappa shape index (κ1) is 25.5. The Morgan fingerprint density at radius 3 is 2.62 bits per heavy atom. The lowest BCUT2D eigenvalue weighted by molar-refractivity contribution is -0.120. The minimum atomic E-state index is -2.65. The number of nitrogens with one attached hydrogen (secondary N) is 1. The van der Waals surface area contributed by atoms with Crippen molar-refractivity contribution in [2.24, 2.45) is 7.05 Å². The molecule has 2 aromatic heterocycles. The van der Waals surface area contributed by atoms with Crippen molar-refractivity contribution in [2.75, 3.05) is 25.0 Å². The van der Waals surface area contributed by atoms with E-state index in [1.54, 1.807) is 42.1 Å². The first-order chi connectivity index (χ1) is 18.8. The molecule has 11 heteroatoms. The maximum Gasteiger partial charge on any atom is 0.317 e. The van der Waals surface area contributed by atoms with Gasteiger partial charge in [-0.25, -0.2) is 13.6 Å². The predicted molar refractivity (Wildman–Crippen MR) is 142 cm³/mol. The van der Waals surface area contributed by atoms with Gasteiger partial charge in [0.05, 0.1) is 18.8 Å². The van der Waals surface area contributed by atoms with E-state index in [0.717, 1.165) is 54.0 Å². The van der Waals surface area contributed by atoms with Gasteiger partial charge in [-0.2, -0.15) is 10.2 Å². The molecule has 2 aliphatic heterocycles. The molecule has 0 unspecified atom stereocenters. The second kappa shape index (κ2) is 10.1. The maximum atomic E-state index is 14.4. The van der Waals surface area contributed by atoms with Crippen LogP contribution in [0.25, 0.3) is 11.1 Å². The highest BCUT2D eigenvalue weighted by Gasteiger charge is 2.35. The molecule has 1 saturated carbocycles. The molecule has 0 saturated heterocycles. The Balaban J connectivity index is 1.46. The van der Waals surface area contributed by atoms with E-state index in [1.807, 2.05) is 6.07 Å². The summed E-state index contributed by atoms with van der Waals surface area (Å²) >= 11 is 0. The van der Waals surface area contributed by atoms with Crippen LogP contribution in [0, 0.1) is 0 Å². The summed E-state index contributed by atoms with van der Waals surface area (Å²) < 4.78 is 32.5. The van der Waals surface area contributed by atoms with Gasteiger partial charge < -0.3 is 15.1 Å². The number of carbonyl (C=O) groups is 2. The molecule has 1 N–H and O–H groups in total. The number of carbonyl (C=O) groups excluding carboxylic acids is 2. The number of benzene rings is 1. The first-order valence-electron chi connectivity index (χ1n) is 13.6. The van der Waals surface area contributed by atoms with E-state index < -0.39 is 6.43 Å². The summed E-state index contributed by atoms with van der Waals surface area (Å²) in [5.41, 5.74) is 4.93. The van der Waals surface area contributed by atoms with Gasteiger partial charge in [-0.1, -0.05) is 0 Å². The minimum absolute atomic E-state index is 0.0280. The van der Waals surface area contributed by atoms with E-state index in [0.29, 0.717) is 50.0 Å². The standard InChI is InChI=1S/C28H33F2N7O2/c1-31-28(39)35-11-9-24-23(16-35)27(33-37(24)19-5-7-20(38)8-6-19)36-10-3-4-17-12-21(18-14-32-34(2)15-18)22(26(29)30)13-25(17)36/h12-15,19,26H,3-11,16H2,1-2H3,(H,31,39). The van der Waals surface area contributed by atoms with E-state index in [1.165, 1.54) is 0 Å². The lowest BCUT2D eigenvalue weighted by atomic mass is 9.92. The van der Waals surface area contributed by atoms with E-state index in [9.17, 15) is 18.4 Å². The van der Waals surface area contributed by atoms with Crippen molar-refractivity contribution in [3.8, 4) is 11.1 Å². The van der Waals surface area contributed by atoms with Crippen LogP contribution in [0.2, 0.25) is 0 Å². The monoisotopic (exact) mass is 537 g/mol. The molecule has 2 amide bonds. The van der Waals surface area contributed by atoms with Crippen molar-refractivity contribution in [1.82, 2.24) is 29.8 Å². The maximum absolute atomic E-state index is 14.4. The van der Waals surface area contributed by atoms with E-state index in [4.69, 9.17) is 5.10 Å². The Morgan fingerprint density at radius 1 is 1.13 bits per heavy atom. The fourth-order valence-corrected chi connectivity index (χ4v) is 6.31. The van der Waals surface area contributed by atoms with Crippen LogP contribution in [0.1, 0.15) is 67.0 Å². The van der Waals surface area contributed by atoms with Crippen molar-refractivity contribution in [1.29, 1.82) is 0 Å². The summed E-state index contributed by atoms with van der Waals surface area (Å²) in [5.74, 6) is 1.01. The average Bonchev–Trinajstić information content (AvgIpc) is 3.55. The van der Waals surface area contributed by atoms with Gasteiger partial charge in [0.25, 0.3) is 6.43 Å². The molecule has 0 radical (unpaired) electrons. The zero-order valence-corrected chi connectivity index (χ0v) is 22.3. The van der Waals surface area contributed by atoms with Crippen LogP contribution < -0.4 is 10.2 Å². The molecule has 6 rings (SSSR count). The summed E-state index contributed by atoms with van der Waals surface area (Å²) in [7, 11) is 3.39. The number of alkyl halides is 2. The van der Waals surface area contributed by atoms with Crippen LogP contribution in [0.4, 0.5) is 25.1 Å². The van der Waals surface area contributed by atoms with Gasteiger partial charge in [0.15, 0.2) is 5.82 Å². The number of hydrogen-bond donors (Lipinski definition) is 1. The van der Waals surface area contributed by atoms with E-state index >= 15 is 0 Å². The molecule has 1 fully saturated rings. The van der Waals surface area contributed by atoms with Crippen molar-refractivity contribution in [3.05, 3.63) is 46.9 Å². The molecular weight excluding hydrogens is 504 g/mol. The number of anilines is 2. The number of fused-ring (bicyclic) bond motifs is 2. The lowest BCUT2D eigenvalue weighted by Crippen LogP contribution is -2.42. The van der Waals surface area contributed by atoms with Crippen LogP contribution >= 0.6 is 0 Å². The molecule has 9 nitrogen and oxygen atoms in total. The molecule has 0 spiro atoms. The Bertz CT molecular complexity index is 1420. The van der Waals surface area contributed by atoms with Crippen molar-refractivity contribution in [3.63, 3.8) is 0 Å². The zero-order valence-electron chi connectivity index (χ0n) is 22.3. The largest absolute Gasteiger partial charge is 0.341 e. The number of rotatable bonds is 4. The fourth-order valence-electron chi connectivity index (χ4n) is 6.31. The summed E-state index contributed by atoms with van der Waals surface area (Å²) in [5, 5.41) is 12.0. The summed E-state index contributed by atoms with van der Waals surface area (Å²) in [6.07, 6.45) is 5.59. The Morgan fingerprint density at radius 2 is 1.92 bits per heavy atom. The summed E-state index contributed by atoms with van der Waals surface area (Å²) in [6, 6.07) is 3.46. The first-order valence-corrected chi connectivity index (χ1v) is 13.6. The number of halogens is 2. The highest BCUT2D eigenvalue weighted by atomic mass is 19.3. The van der Waals surface area contributed by atoms with Crippen molar-refractivity contribution >= 4 is 23.3 Å². The normalized spacial score (nSPS) is 17.9. The smallest absolute Gasteiger partial charge is 0.317 e. The Hall–Kier alpha value is -3.76. The molecule has 0 atom stereocenters. The number of urea groups is 1. The van der Waals surface area contributed by atoms with Crippen LogP contribution in [0.15, 0.2) is 24.5 Å². The lowest BCUT2D eigenvalue weighted by Gasteiger charge is -2.33. The van der Waals surface area contributed by atoms with Crippen LogP contribution in [0.5, 0.6) is 0 Å². The highest BCUT2D eigenvalue weighted by molar-refractivity contribution is 5.79. The van der Waals surface area contributed by atoms with Gasteiger partial charge in [0.1, 0.15) is 5.78 Å². The molecule has 4 heterocycles. The number of Topliss-reactive ketones (excluding diaryl/α,β-unsaturated/α-hetero) is 1. The number of ketones is 1. The number of amides is 2. The third kappa shape index (κ3) is 4.57. The van der Waals surface area contributed by atoms with Gasteiger partial charge in [0, 0.05) is 80.7 Å². The number of nitrogens with zero attached hydrogens (tertiary/aromatic N) is 6. The second-order valence-corrected chi connectivity index (χ2v) is 10.7. The van der Waals surface area contributed by atoms with Crippen LogP contribution in [-0.4, -0.2) is 56.4 Å². The SMILES string of the molecule is CNC(=O)N1CCc2c(c(N3CCCc4cc(-c5cnn(C)c5)c(C(F)F)cc43)nn2C2CCC(=O)CC2)C1. The summed E-state index contributed by atoms with van der Waals surface area (Å²) in [4.78, 5) is 28.3. The van der Waals surface area contributed by atoms with Crippen molar-refractivity contribution in [2.45, 2.75) is 64.0 Å². The average molecular weight is 538 g/mol. The van der Waals surface area contributed by atoms with Gasteiger partial charge in [0.2, 0.25) is 0 Å². The van der Waals surface area contributed by atoms with E-state index in [2.05, 4.69) is 20.0 Å². The van der Waals surface area contributed by atoms with Crippen LogP contribution in [-0.2, 0) is 31.2 Å². The number of aromatic nitrogens is 4. The number of aryl methyl sites for hydroxylation is 2. The van der Waals surface area contributed by atoms with Crippen LogP contribution in [0.3, 0.4) is 0 Å². The molecular formula is C28H33F2N7O2. The second-order valence-electron chi connectivity index (χ2n) is 10.7. The third-order valence-electron chi connectivity index (χ3n) is 8.30. The summed E-state index contributed by atoms with van der Waals surface area (Å²) in [6.45, 7) is 1.62. The minimum Gasteiger partial charge on any atom is -0.341 e. The molecule has 206 valence electrons. The molecule has 3 aliphatic rings. The molecule has 1 aliphatic carbocycles. The zero-order chi connectivity index (χ0) is 27.3. The molecule has 1 aromatic carbocycles. The Labute approximate surface area is 225 Å². The van der Waals surface area contributed by atoms with Crippen molar-refractivity contribution < 1.29 is 18.4 Å². The molecule has 39 heavy (non-hydrogen) atoms. The fraction of sp³-hybridized carbons (Fsp3) is 0.500. The quantitative estimate of drug-likeness (QED) is 0.522. The van der Waals surface area contributed by atoms with Gasteiger partial charge in [-0.15, -0.1) is 0 Å². The molecule has 3 aromatic rings. The topological polar surface area (TPSA) is 88.3 Å². The third-order valence-corrected chi connectivity index (χ3v) is 8.30. The predicted octanol–water partition coefficient (Wildman–Crippen LogP) is 4.69. The van der Waals surface area contributed by atoms with Gasteiger partial charge in [-0.3, -0.25) is 14.2 Å². The van der Waals surface area contributed by atoms with Gasteiger partial charge in [-0.05, 0) is 48.9 Å². The highest BCUT2D eigenvalue weighted by Crippen LogP contribution is 2.43. The number of hydrogen-bond acceptors (Lipinski definition) is 5.